The zero-order valence-corrected chi connectivity index (χ0v) is 13.3. The maximum Gasteiger partial charge on any atom is 0.130 e. The van der Waals surface area contributed by atoms with E-state index >= 15 is 0 Å². The van der Waals surface area contributed by atoms with Gasteiger partial charge in [-0.25, -0.2) is 0 Å². The first kappa shape index (κ1) is 14.1. The second kappa shape index (κ2) is 5.53. The maximum atomic E-state index is 4.54. The fourth-order valence-corrected chi connectivity index (χ4v) is 3.18. The number of rotatable bonds is 5. The van der Waals surface area contributed by atoms with Crippen molar-refractivity contribution < 1.29 is 0 Å². The van der Waals surface area contributed by atoms with Crippen LogP contribution in [0.1, 0.15) is 29.2 Å². The number of aryl methyl sites for hydroxylation is 2. The van der Waals surface area contributed by atoms with Crippen LogP contribution in [0.5, 0.6) is 0 Å². The lowest BCUT2D eigenvalue weighted by atomic mass is 10.1. The Balaban J connectivity index is 1.65. The molecule has 0 spiro atoms. The average molecular weight is 284 g/mol. The van der Waals surface area contributed by atoms with Crippen molar-refractivity contribution in [3.63, 3.8) is 0 Å². The number of hydrogen-bond donors (Lipinski definition) is 1. The van der Waals surface area contributed by atoms with E-state index in [0.717, 1.165) is 12.2 Å². The minimum absolute atomic E-state index is 0.599. The molecule has 0 radical (unpaired) electrons. The Kier molecular flexibility index (Phi) is 3.72. The quantitative estimate of drug-likeness (QED) is 0.915. The smallest absolute Gasteiger partial charge is 0.130 e. The first-order valence-electron chi connectivity index (χ1n) is 7.56. The number of anilines is 1. The van der Waals surface area contributed by atoms with E-state index in [4.69, 9.17) is 0 Å². The van der Waals surface area contributed by atoms with Crippen molar-refractivity contribution in [1.29, 1.82) is 0 Å². The molecule has 0 bridgehead atoms. The first-order valence-corrected chi connectivity index (χ1v) is 7.56. The second-order valence-electron chi connectivity index (χ2n) is 6.15. The van der Waals surface area contributed by atoms with Gasteiger partial charge in [0.05, 0.1) is 5.69 Å². The summed E-state index contributed by atoms with van der Waals surface area (Å²) in [5, 5.41) is 8.23. The van der Waals surface area contributed by atoms with Crippen LogP contribution in [0, 0.1) is 6.92 Å². The third kappa shape index (κ3) is 2.81. The van der Waals surface area contributed by atoms with Gasteiger partial charge in [0.15, 0.2) is 0 Å². The molecule has 0 amide bonds. The molecule has 3 rings (SSSR count). The lowest BCUT2D eigenvalue weighted by Crippen LogP contribution is -2.21. The molecular formula is C17H24N4. The molecule has 1 aromatic heterocycles. The maximum absolute atomic E-state index is 4.54. The molecular weight excluding hydrogens is 260 g/mol. The Morgan fingerprint density at radius 2 is 2.00 bits per heavy atom. The fourth-order valence-electron chi connectivity index (χ4n) is 3.18. The van der Waals surface area contributed by atoms with Gasteiger partial charge in [0.1, 0.15) is 5.82 Å². The molecule has 2 atom stereocenters. The molecule has 0 aliphatic heterocycles. The van der Waals surface area contributed by atoms with Crippen LogP contribution in [-0.2, 0) is 13.6 Å². The largest absolute Gasteiger partial charge is 0.363 e. The second-order valence-corrected chi connectivity index (χ2v) is 6.15. The van der Waals surface area contributed by atoms with Gasteiger partial charge >= 0.3 is 0 Å². The Morgan fingerprint density at radius 1 is 1.29 bits per heavy atom. The molecule has 1 heterocycles. The van der Waals surface area contributed by atoms with Crippen LogP contribution >= 0.6 is 0 Å². The van der Waals surface area contributed by atoms with Crippen LogP contribution in [0.2, 0.25) is 0 Å². The monoisotopic (exact) mass is 284 g/mol. The summed E-state index contributed by atoms with van der Waals surface area (Å²) in [6.45, 7) is 2.98. The van der Waals surface area contributed by atoms with E-state index in [-0.39, 0.29) is 0 Å². The molecule has 4 heteroatoms. The zero-order chi connectivity index (χ0) is 15.0. The van der Waals surface area contributed by atoms with Crippen LogP contribution < -0.4 is 10.2 Å². The minimum Gasteiger partial charge on any atom is -0.363 e. The normalized spacial score (nSPS) is 20.6. The third-order valence-corrected chi connectivity index (χ3v) is 4.30. The highest BCUT2D eigenvalue weighted by Crippen LogP contribution is 2.41. The number of nitrogens with one attached hydrogen (secondary N) is 1. The van der Waals surface area contributed by atoms with Crippen molar-refractivity contribution in [2.24, 2.45) is 7.05 Å². The van der Waals surface area contributed by atoms with Crippen LogP contribution in [0.4, 0.5) is 5.82 Å². The Hall–Kier alpha value is -1.81. The molecule has 1 aromatic carbocycles. The Labute approximate surface area is 126 Å². The summed E-state index contributed by atoms with van der Waals surface area (Å²) in [6, 6.07) is 11.4. The molecule has 1 aliphatic carbocycles. The van der Waals surface area contributed by atoms with Crippen molar-refractivity contribution in [3.8, 4) is 0 Å². The molecule has 21 heavy (non-hydrogen) atoms. The van der Waals surface area contributed by atoms with Crippen molar-refractivity contribution in [1.82, 2.24) is 15.1 Å². The molecule has 2 aromatic rings. The third-order valence-electron chi connectivity index (χ3n) is 4.30. The molecule has 1 fully saturated rings. The predicted octanol–water partition coefficient (Wildman–Crippen LogP) is 2.44. The van der Waals surface area contributed by atoms with Gasteiger partial charge in [0, 0.05) is 45.2 Å². The van der Waals surface area contributed by atoms with E-state index in [1.807, 2.05) is 11.7 Å². The summed E-state index contributed by atoms with van der Waals surface area (Å²) in [7, 11) is 6.16. The Morgan fingerprint density at radius 3 is 2.67 bits per heavy atom. The summed E-state index contributed by atoms with van der Waals surface area (Å²) >= 11 is 0. The summed E-state index contributed by atoms with van der Waals surface area (Å²) in [5.41, 5.74) is 3.87. The molecule has 1 N–H and O–H groups in total. The predicted molar refractivity (Wildman–Crippen MR) is 86.7 cm³/mol. The SMILES string of the molecule is Cc1nn(C)c(N(C)C)c1CN[C@H]1C[C@@H]1c1ccccc1. The van der Waals surface area contributed by atoms with Gasteiger partial charge in [-0.3, -0.25) is 4.68 Å². The van der Waals surface area contributed by atoms with E-state index in [1.165, 1.54) is 23.4 Å². The van der Waals surface area contributed by atoms with E-state index < -0.39 is 0 Å². The van der Waals surface area contributed by atoms with Crippen molar-refractivity contribution >= 4 is 5.82 Å². The molecule has 1 aliphatic rings. The molecule has 4 nitrogen and oxygen atoms in total. The summed E-state index contributed by atoms with van der Waals surface area (Å²) in [4.78, 5) is 2.14. The first-order chi connectivity index (χ1) is 10.1. The highest BCUT2D eigenvalue weighted by molar-refractivity contribution is 5.49. The van der Waals surface area contributed by atoms with Gasteiger partial charge in [-0.1, -0.05) is 30.3 Å². The number of benzene rings is 1. The molecule has 0 saturated heterocycles. The topological polar surface area (TPSA) is 33.1 Å². The molecule has 0 unspecified atom stereocenters. The van der Waals surface area contributed by atoms with Crippen molar-refractivity contribution in [2.75, 3.05) is 19.0 Å². The van der Waals surface area contributed by atoms with Crippen LogP contribution in [0.15, 0.2) is 30.3 Å². The summed E-state index contributed by atoms with van der Waals surface area (Å²) in [6.07, 6.45) is 1.24. The van der Waals surface area contributed by atoms with Crippen LogP contribution in [0.3, 0.4) is 0 Å². The number of aromatic nitrogens is 2. The van der Waals surface area contributed by atoms with Gasteiger partial charge in [0.2, 0.25) is 0 Å². The van der Waals surface area contributed by atoms with E-state index in [2.05, 4.69) is 66.7 Å². The van der Waals surface area contributed by atoms with Crippen LogP contribution in [-0.4, -0.2) is 29.9 Å². The summed E-state index contributed by atoms with van der Waals surface area (Å²) in [5.74, 6) is 1.86. The lowest BCUT2D eigenvalue weighted by Gasteiger charge is -2.15. The van der Waals surface area contributed by atoms with Gasteiger partial charge < -0.3 is 10.2 Å². The van der Waals surface area contributed by atoms with E-state index in [1.54, 1.807) is 0 Å². The molecule has 112 valence electrons. The average Bonchev–Trinajstić information content (AvgIpc) is 3.17. The van der Waals surface area contributed by atoms with Gasteiger partial charge in [-0.05, 0) is 18.9 Å². The van der Waals surface area contributed by atoms with Gasteiger partial charge in [-0.15, -0.1) is 0 Å². The Bertz CT molecular complexity index is 615. The lowest BCUT2D eigenvalue weighted by molar-refractivity contribution is 0.669. The number of nitrogens with zero attached hydrogens (tertiary/aromatic N) is 3. The molecule has 1 saturated carbocycles. The van der Waals surface area contributed by atoms with Gasteiger partial charge in [0.25, 0.3) is 0 Å². The van der Waals surface area contributed by atoms with Gasteiger partial charge in [-0.2, -0.15) is 5.10 Å². The van der Waals surface area contributed by atoms with Crippen molar-refractivity contribution in [2.45, 2.75) is 31.8 Å². The highest BCUT2D eigenvalue weighted by atomic mass is 15.4. The standard InChI is InChI=1S/C17H24N4/c1-12-15(17(20(2)3)21(4)19-12)11-18-16-10-14(16)13-8-6-5-7-9-13/h5-9,14,16,18H,10-11H2,1-4H3/t14-,16+/m1/s1. The fraction of sp³-hybridized carbons (Fsp3) is 0.471. The summed E-state index contributed by atoms with van der Waals surface area (Å²) < 4.78 is 1.97. The minimum atomic E-state index is 0.599. The van der Waals surface area contributed by atoms with E-state index in [9.17, 15) is 0 Å². The van der Waals surface area contributed by atoms with E-state index in [0.29, 0.717) is 12.0 Å². The van der Waals surface area contributed by atoms with Crippen LogP contribution in [0.25, 0.3) is 0 Å². The van der Waals surface area contributed by atoms with Crippen molar-refractivity contribution in [3.05, 3.63) is 47.2 Å². The number of hydrogen-bond acceptors (Lipinski definition) is 3. The zero-order valence-electron chi connectivity index (χ0n) is 13.3. The highest BCUT2D eigenvalue weighted by Gasteiger charge is 2.37.